The van der Waals surface area contributed by atoms with Gasteiger partial charge in [0.2, 0.25) is 11.8 Å². The van der Waals surface area contributed by atoms with Gasteiger partial charge in [-0.05, 0) is 60.4 Å². The van der Waals surface area contributed by atoms with Crippen LogP contribution in [-0.4, -0.2) is 62.6 Å². The highest BCUT2D eigenvalue weighted by Gasteiger charge is 2.27. The van der Waals surface area contributed by atoms with Crippen molar-refractivity contribution in [2.75, 3.05) is 29.9 Å². The predicted molar refractivity (Wildman–Crippen MR) is 198 cm³/mol. The first kappa shape index (κ1) is 34.0. The maximum absolute atomic E-state index is 12.8. The number of pyridine rings is 2. The number of imidazole rings is 1. The lowest BCUT2D eigenvalue weighted by atomic mass is 10.00. The number of benzene rings is 2. The second kappa shape index (κ2) is 14.1. The van der Waals surface area contributed by atoms with Gasteiger partial charge in [0.1, 0.15) is 29.8 Å². The molecule has 1 unspecified atom stereocenters. The maximum Gasteiger partial charge on any atom is 0.328 e. The van der Waals surface area contributed by atoms with E-state index in [1.807, 2.05) is 43.4 Å². The van der Waals surface area contributed by atoms with E-state index in [2.05, 4.69) is 57.6 Å². The third kappa shape index (κ3) is 6.70. The number of anilines is 3. The molecule has 3 N–H and O–H groups in total. The van der Waals surface area contributed by atoms with Crippen molar-refractivity contribution in [3.8, 4) is 28.8 Å². The number of amides is 3. The highest BCUT2D eigenvalue weighted by molar-refractivity contribution is 6.01. The Morgan fingerprint density at radius 1 is 1.04 bits per heavy atom. The molecule has 2 aromatic carbocycles. The lowest BCUT2D eigenvalue weighted by Crippen LogP contribution is -2.47. The molecule has 13 heteroatoms. The summed E-state index contributed by atoms with van der Waals surface area (Å²) < 4.78 is 9.47. The Labute approximate surface area is 300 Å². The van der Waals surface area contributed by atoms with E-state index in [0.29, 0.717) is 42.3 Å². The number of ether oxygens (including phenoxy) is 1. The zero-order valence-electron chi connectivity index (χ0n) is 29.3. The summed E-state index contributed by atoms with van der Waals surface area (Å²) >= 11 is 0. The fourth-order valence-corrected chi connectivity index (χ4v) is 6.57. The number of carbonyl (C=O) groups excluding carboxylic acids is 3. The molecule has 1 atom stereocenters. The van der Waals surface area contributed by atoms with Crippen LogP contribution in [0, 0.1) is 11.8 Å². The van der Waals surface area contributed by atoms with E-state index < -0.39 is 6.04 Å². The SMILES string of the molecule is CC(C)c1cc(N2CCOc3cc(-c4ccc(C(=O)NCC#Cc5cccc(NC6CCC(=O)NC6=O)c5)nc4)ncc32)cc2c1n(C)c(=O)n2C. The molecule has 0 saturated carbocycles. The van der Waals surface area contributed by atoms with Gasteiger partial charge in [0, 0.05) is 55.3 Å². The van der Waals surface area contributed by atoms with Gasteiger partial charge < -0.3 is 20.3 Å². The number of nitrogens with zero attached hydrogens (tertiary/aromatic N) is 5. The largest absolute Gasteiger partial charge is 0.489 e. The van der Waals surface area contributed by atoms with Crippen LogP contribution in [0.1, 0.15) is 54.2 Å². The third-order valence-corrected chi connectivity index (χ3v) is 9.32. The van der Waals surface area contributed by atoms with Crippen molar-refractivity contribution in [1.29, 1.82) is 0 Å². The number of carbonyl (C=O) groups is 3. The normalized spacial score (nSPS) is 15.4. The standard InChI is InChI=1S/C39H38N8O5/c1-23(2)28-18-27(19-32-36(28)46(4)39(51)45(32)3)47-15-16-52-34-20-31(42-22-33(34)47)25-10-11-29(41-21-25)37(49)40-14-6-8-24-7-5-9-26(17-24)43-30-12-13-35(48)44-38(30)50/h5,7,9-11,17-23,30,43H,12-16H2,1-4H3,(H,40,49)(H,44,48,50). The van der Waals surface area contributed by atoms with Gasteiger partial charge in [0.15, 0.2) is 0 Å². The van der Waals surface area contributed by atoms with Gasteiger partial charge in [-0.1, -0.05) is 31.8 Å². The van der Waals surface area contributed by atoms with E-state index in [1.165, 1.54) is 0 Å². The van der Waals surface area contributed by atoms with E-state index in [-0.39, 0.29) is 48.0 Å². The molecule has 13 nitrogen and oxygen atoms in total. The van der Waals surface area contributed by atoms with Crippen LogP contribution in [-0.2, 0) is 23.7 Å². The zero-order chi connectivity index (χ0) is 36.5. The van der Waals surface area contributed by atoms with Crippen LogP contribution in [0.25, 0.3) is 22.3 Å². The Kier molecular flexibility index (Phi) is 9.21. The molecule has 5 aromatic rings. The summed E-state index contributed by atoms with van der Waals surface area (Å²) in [5, 5.41) is 8.25. The molecule has 7 rings (SSSR count). The van der Waals surface area contributed by atoms with Crippen molar-refractivity contribution < 1.29 is 19.1 Å². The van der Waals surface area contributed by atoms with Gasteiger partial charge >= 0.3 is 5.69 Å². The predicted octanol–water partition coefficient (Wildman–Crippen LogP) is 3.99. The van der Waals surface area contributed by atoms with Crippen LogP contribution in [0.5, 0.6) is 5.75 Å². The van der Waals surface area contributed by atoms with Crippen LogP contribution in [0.15, 0.2) is 71.8 Å². The minimum absolute atomic E-state index is 0.0606. The van der Waals surface area contributed by atoms with Crippen molar-refractivity contribution in [2.45, 2.75) is 38.6 Å². The Balaban J connectivity index is 1.01. The first-order chi connectivity index (χ1) is 25.1. The summed E-state index contributed by atoms with van der Waals surface area (Å²) in [6, 6.07) is 16.3. The summed E-state index contributed by atoms with van der Waals surface area (Å²) in [7, 11) is 3.61. The Morgan fingerprint density at radius 2 is 1.88 bits per heavy atom. The molecule has 2 aliphatic rings. The fraction of sp³-hybridized carbons (Fsp3) is 0.282. The number of aryl methyl sites for hydroxylation is 2. The van der Waals surface area contributed by atoms with Gasteiger partial charge in [-0.15, -0.1) is 0 Å². The van der Waals surface area contributed by atoms with Crippen molar-refractivity contribution in [3.05, 3.63) is 94.3 Å². The molecule has 0 spiro atoms. The number of piperidine rings is 1. The van der Waals surface area contributed by atoms with Crippen molar-refractivity contribution in [3.63, 3.8) is 0 Å². The van der Waals surface area contributed by atoms with Crippen LogP contribution in [0.2, 0.25) is 0 Å². The van der Waals surface area contributed by atoms with Gasteiger partial charge in [-0.3, -0.25) is 38.8 Å². The van der Waals surface area contributed by atoms with E-state index in [1.54, 1.807) is 40.7 Å². The monoisotopic (exact) mass is 698 g/mol. The minimum Gasteiger partial charge on any atom is -0.489 e. The Hall–Kier alpha value is -6.42. The molecule has 0 aliphatic carbocycles. The molecule has 264 valence electrons. The van der Waals surface area contributed by atoms with E-state index in [0.717, 1.165) is 33.5 Å². The lowest BCUT2D eigenvalue weighted by molar-refractivity contribution is -0.133. The molecule has 3 amide bonds. The van der Waals surface area contributed by atoms with E-state index in [9.17, 15) is 19.2 Å². The topological polar surface area (TPSA) is 152 Å². The first-order valence-corrected chi connectivity index (χ1v) is 17.1. The molecule has 1 fully saturated rings. The van der Waals surface area contributed by atoms with Gasteiger partial charge in [0.25, 0.3) is 5.91 Å². The minimum atomic E-state index is -0.486. The maximum atomic E-state index is 12.8. The van der Waals surface area contributed by atoms with E-state index in [4.69, 9.17) is 9.72 Å². The molecule has 0 radical (unpaired) electrons. The van der Waals surface area contributed by atoms with Crippen LogP contribution in [0.3, 0.4) is 0 Å². The molecular formula is C39H38N8O5. The van der Waals surface area contributed by atoms with Crippen molar-refractivity contribution in [1.82, 2.24) is 29.7 Å². The number of imide groups is 1. The summed E-state index contributed by atoms with van der Waals surface area (Å²) in [6.07, 6.45) is 4.11. The van der Waals surface area contributed by atoms with Crippen molar-refractivity contribution in [2.24, 2.45) is 14.1 Å². The zero-order valence-corrected chi connectivity index (χ0v) is 29.3. The highest BCUT2D eigenvalue weighted by Crippen LogP contribution is 2.40. The molecule has 5 heterocycles. The number of hydrogen-bond acceptors (Lipinski definition) is 9. The lowest BCUT2D eigenvalue weighted by Gasteiger charge is -2.32. The third-order valence-electron chi connectivity index (χ3n) is 9.32. The van der Waals surface area contributed by atoms with Gasteiger partial charge in [0.05, 0.1) is 36.0 Å². The number of fused-ring (bicyclic) bond motifs is 2. The Morgan fingerprint density at radius 3 is 2.65 bits per heavy atom. The van der Waals surface area contributed by atoms with Crippen LogP contribution in [0.4, 0.5) is 17.1 Å². The summed E-state index contributed by atoms with van der Waals surface area (Å²) in [5.74, 6) is 5.89. The fourth-order valence-electron chi connectivity index (χ4n) is 6.57. The van der Waals surface area contributed by atoms with Crippen LogP contribution >= 0.6 is 0 Å². The number of hydrogen-bond donors (Lipinski definition) is 3. The summed E-state index contributed by atoms with van der Waals surface area (Å²) in [4.78, 5) is 60.3. The quantitative estimate of drug-likeness (QED) is 0.169. The molecule has 0 bridgehead atoms. The molecule has 2 aliphatic heterocycles. The summed E-state index contributed by atoms with van der Waals surface area (Å²) in [5.41, 5.74) is 7.70. The van der Waals surface area contributed by atoms with Crippen molar-refractivity contribution >= 4 is 45.8 Å². The first-order valence-electron chi connectivity index (χ1n) is 17.1. The molecule has 1 saturated heterocycles. The Bertz CT molecular complexity index is 2350. The average molecular weight is 699 g/mol. The second-order valence-electron chi connectivity index (χ2n) is 13.1. The van der Waals surface area contributed by atoms with E-state index >= 15 is 0 Å². The number of nitrogens with one attached hydrogen (secondary N) is 3. The number of aromatic nitrogens is 4. The smallest absolute Gasteiger partial charge is 0.328 e. The molecule has 3 aromatic heterocycles. The average Bonchev–Trinajstić information content (AvgIpc) is 3.37. The number of rotatable bonds is 7. The highest BCUT2D eigenvalue weighted by atomic mass is 16.5. The summed E-state index contributed by atoms with van der Waals surface area (Å²) in [6.45, 7) is 5.47. The molecule has 52 heavy (non-hydrogen) atoms. The van der Waals surface area contributed by atoms with Crippen LogP contribution < -0.4 is 31.3 Å². The van der Waals surface area contributed by atoms with Gasteiger partial charge in [-0.2, -0.15) is 0 Å². The molecular weight excluding hydrogens is 660 g/mol. The van der Waals surface area contributed by atoms with Gasteiger partial charge in [-0.25, -0.2) is 4.79 Å². The second-order valence-corrected chi connectivity index (χ2v) is 13.1.